The number of fused-ring (bicyclic) bond motifs is 1. The van der Waals surface area contributed by atoms with E-state index in [9.17, 15) is 19.8 Å². The van der Waals surface area contributed by atoms with Gasteiger partial charge in [-0.3, -0.25) is 9.59 Å². The van der Waals surface area contributed by atoms with Crippen molar-refractivity contribution in [3.8, 4) is 27.4 Å². The van der Waals surface area contributed by atoms with Crippen LogP contribution in [0.3, 0.4) is 0 Å². The zero-order valence-electron chi connectivity index (χ0n) is 39.4. The van der Waals surface area contributed by atoms with Gasteiger partial charge in [-0.1, -0.05) is 55.4 Å². The van der Waals surface area contributed by atoms with E-state index in [1.807, 2.05) is 94.1 Å². The van der Waals surface area contributed by atoms with Gasteiger partial charge in [0.15, 0.2) is 11.6 Å². The van der Waals surface area contributed by atoms with Crippen molar-refractivity contribution in [3.05, 3.63) is 106 Å². The van der Waals surface area contributed by atoms with Crippen molar-refractivity contribution in [2.75, 3.05) is 60.5 Å². The number of likely N-dealkylation sites (tertiary alicyclic amines) is 1. The number of hydrogen-bond donors (Lipinski definition) is 3. The number of amides is 2. The monoisotopic (exact) mass is 967 g/mol. The van der Waals surface area contributed by atoms with Crippen LogP contribution in [-0.2, 0) is 9.59 Å². The normalized spacial score (nSPS) is 18.9. The van der Waals surface area contributed by atoms with Gasteiger partial charge in [0, 0.05) is 74.1 Å². The molecule has 2 amide bonds. The quantitative estimate of drug-likeness (QED) is 0.107. The summed E-state index contributed by atoms with van der Waals surface area (Å²) in [5, 5.41) is 38.8. The zero-order valence-corrected chi connectivity index (χ0v) is 41.1. The van der Waals surface area contributed by atoms with E-state index >= 15 is 0 Å². The third-order valence-corrected chi connectivity index (χ3v) is 16.4. The number of carbonyl (C=O) groups is 2. The van der Waals surface area contributed by atoms with Crippen LogP contribution in [0, 0.1) is 19.8 Å². The number of para-hydroxylation sites is 1. The molecule has 3 aliphatic rings. The highest BCUT2D eigenvalue weighted by Crippen LogP contribution is 2.41. The molecule has 10 rings (SSSR count). The number of piperazine rings is 1. The number of aromatic hydroxyl groups is 1. The summed E-state index contributed by atoms with van der Waals surface area (Å²) in [7, 11) is 0. The van der Waals surface area contributed by atoms with Crippen LogP contribution >= 0.6 is 22.7 Å². The first kappa shape index (κ1) is 46.2. The number of β-amino-alcohol motifs (C(OH)–C–C–N with tert-alkyl or cyclic N) is 1. The fourth-order valence-electron chi connectivity index (χ4n) is 10.1. The second kappa shape index (κ2) is 19.5. The highest BCUT2D eigenvalue weighted by Gasteiger charge is 2.44. The maximum absolute atomic E-state index is 14.4. The minimum atomic E-state index is -0.817. The van der Waals surface area contributed by atoms with Gasteiger partial charge in [-0.2, -0.15) is 0 Å². The van der Waals surface area contributed by atoms with Crippen molar-refractivity contribution in [2.24, 2.45) is 5.92 Å². The molecule has 3 N–H and O–H groups in total. The van der Waals surface area contributed by atoms with Crippen LogP contribution in [-0.4, -0.2) is 115 Å². The molecule has 0 bridgehead atoms. The van der Waals surface area contributed by atoms with E-state index < -0.39 is 18.1 Å². The Morgan fingerprint density at radius 1 is 0.870 bits per heavy atom. The predicted molar refractivity (Wildman–Crippen MR) is 269 cm³/mol. The average Bonchev–Trinajstić information content (AvgIpc) is 4.19. The number of thiophene rings is 1. The summed E-state index contributed by atoms with van der Waals surface area (Å²) in [6, 6.07) is 18.1. The third kappa shape index (κ3) is 9.36. The molecule has 7 aromatic rings. The van der Waals surface area contributed by atoms with Gasteiger partial charge in [-0.25, -0.2) is 15.0 Å². The van der Waals surface area contributed by atoms with E-state index in [-0.39, 0.29) is 42.5 Å². The molecular formula is C51H57N11O5S2. The summed E-state index contributed by atoms with van der Waals surface area (Å²) in [6.45, 7) is 14.6. The number of phenols is 1. The largest absolute Gasteiger partial charge is 0.507 e. The van der Waals surface area contributed by atoms with Gasteiger partial charge >= 0.3 is 0 Å². The van der Waals surface area contributed by atoms with Crippen molar-refractivity contribution in [1.29, 1.82) is 0 Å². The van der Waals surface area contributed by atoms with E-state index in [2.05, 4.69) is 47.3 Å². The van der Waals surface area contributed by atoms with E-state index in [1.165, 1.54) is 15.3 Å². The minimum Gasteiger partial charge on any atom is -0.507 e. The highest BCUT2D eigenvalue weighted by molar-refractivity contribution is 7.19. The number of thiazole rings is 1. The zero-order chi connectivity index (χ0) is 47.9. The lowest BCUT2D eigenvalue weighted by Gasteiger charge is -2.36. The fourth-order valence-corrected chi connectivity index (χ4v) is 12.2. The van der Waals surface area contributed by atoms with Crippen LogP contribution in [0.25, 0.3) is 31.9 Å². The third-order valence-electron chi connectivity index (χ3n) is 14.1. The van der Waals surface area contributed by atoms with Crippen molar-refractivity contribution in [3.63, 3.8) is 0 Å². The lowest BCUT2D eigenvalue weighted by molar-refractivity contribution is -0.141. The van der Waals surface area contributed by atoms with Crippen molar-refractivity contribution >= 4 is 62.2 Å². The number of hydrogen-bond acceptors (Lipinski definition) is 16. The first-order valence-corrected chi connectivity index (χ1v) is 25.5. The molecule has 3 aliphatic heterocycles. The molecule has 0 saturated carbocycles. The molecule has 3 fully saturated rings. The second-order valence-corrected chi connectivity index (χ2v) is 20.7. The number of benzene rings is 2. The van der Waals surface area contributed by atoms with Gasteiger partial charge in [0.2, 0.25) is 17.8 Å². The number of phenolic OH excluding ortho intramolecular Hbond substituents is 1. The Bertz CT molecular complexity index is 2940. The van der Waals surface area contributed by atoms with Crippen LogP contribution in [0.15, 0.2) is 83.1 Å². The SMILES string of the molecule is Cc1ncsc1-c1ccc(C(C)NC(=O)[C@@H]2C[C@@H](O)CN2C(=O)C(c2cc(N3CCN(c4cnc(N5CCC(c6sc7nnc(-c8ccccc8O)cc7c6C)CC5)nc4)CC3)no2)C(C)C)cc1. The maximum Gasteiger partial charge on any atom is 0.243 e. The molecular weight excluding hydrogens is 911 g/mol. The number of aromatic nitrogens is 6. The van der Waals surface area contributed by atoms with Gasteiger partial charge < -0.3 is 39.7 Å². The summed E-state index contributed by atoms with van der Waals surface area (Å²) in [4.78, 5) is 53.7. The first-order chi connectivity index (χ1) is 33.4. The number of anilines is 3. The van der Waals surface area contributed by atoms with Crippen molar-refractivity contribution < 1.29 is 24.3 Å². The van der Waals surface area contributed by atoms with Crippen LogP contribution in [0.5, 0.6) is 5.75 Å². The molecule has 8 heterocycles. The molecule has 0 spiro atoms. The van der Waals surface area contributed by atoms with Crippen LogP contribution in [0.1, 0.15) is 85.4 Å². The van der Waals surface area contributed by atoms with E-state index in [4.69, 9.17) is 14.5 Å². The van der Waals surface area contributed by atoms with Gasteiger partial charge in [-0.05, 0) is 80.3 Å². The Hall–Kier alpha value is -6.50. The van der Waals surface area contributed by atoms with Crippen molar-refractivity contribution in [1.82, 2.24) is 40.5 Å². The van der Waals surface area contributed by atoms with Crippen molar-refractivity contribution in [2.45, 2.75) is 83.9 Å². The molecule has 69 heavy (non-hydrogen) atoms. The maximum atomic E-state index is 14.4. The number of aryl methyl sites for hydroxylation is 2. The molecule has 5 aromatic heterocycles. The van der Waals surface area contributed by atoms with Gasteiger partial charge in [0.25, 0.3) is 0 Å². The lowest BCUT2D eigenvalue weighted by Crippen LogP contribution is -2.48. The molecule has 2 unspecified atom stereocenters. The Labute approximate surface area is 409 Å². The Balaban J connectivity index is 0.723. The molecule has 0 radical (unpaired) electrons. The fraction of sp³-hybridized carbons (Fsp3) is 0.412. The summed E-state index contributed by atoms with van der Waals surface area (Å²) in [6.07, 6.45) is 5.15. The molecule has 4 atom stereocenters. The highest BCUT2D eigenvalue weighted by atomic mass is 32.1. The Morgan fingerprint density at radius 3 is 2.29 bits per heavy atom. The number of aliphatic hydroxyl groups excluding tert-OH is 1. The number of nitrogens with one attached hydrogen (secondary N) is 1. The van der Waals surface area contributed by atoms with E-state index in [0.29, 0.717) is 41.8 Å². The topological polar surface area (TPSA) is 190 Å². The number of nitrogens with zero attached hydrogens (tertiary/aromatic N) is 10. The predicted octanol–water partition coefficient (Wildman–Crippen LogP) is 7.87. The molecule has 18 heteroatoms. The lowest BCUT2D eigenvalue weighted by atomic mass is 9.91. The van der Waals surface area contributed by atoms with Crippen LogP contribution in [0.4, 0.5) is 17.5 Å². The molecule has 358 valence electrons. The Morgan fingerprint density at radius 2 is 1.59 bits per heavy atom. The minimum absolute atomic E-state index is 0.0675. The van der Waals surface area contributed by atoms with Gasteiger partial charge in [0.05, 0.1) is 52.0 Å². The summed E-state index contributed by atoms with van der Waals surface area (Å²) in [5.74, 6) is 1.05. The number of rotatable bonds is 12. The van der Waals surface area contributed by atoms with Gasteiger partial charge in [0.1, 0.15) is 22.5 Å². The number of aliphatic hydroxyl groups is 1. The Kier molecular flexibility index (Phi) is 13.1. The average molecular weight is 968 g/mol. The second-order valence-electron chi connectivity index (χ2n) is 18.9. The molecule has 2 aromatic carbocycles. The first-order valence-electron chi connectivity index (χ1n) is 23.8. The summed E-state index contributed by atoms with van der Waals surface area (Å²) >= 11 is 3.32. The molecule has 3 saturated heterocycles. The number of carbonyl (C=O) groups excluding carboxylic acids is 2. The van der Waals surface area contributed by atoms with Crippen LogP contribution in [0.2, 0.25) is 0 Å². The molecule has 0 aliphatic carbocycles. The summed E-state index contributed by atoms with van der Waals surface area (Å²) in [5.41, 5.74) is 8.38. The standard InChI is InChI=1S/C51H57N11O5S2/c1-29(2)45(50(66)62-27-37(63)22-41(62)48(65)55-31(4)33-10-12-34(13-11-33)47-32(5)54-28-68-47)43-24-44(58-67-43)60-20-18-59(19-21-60)36-25-52-51(53-26-36)61-16-14-35(15-17-61)46-30(3)39-23-40(56-57-49(39)69-46)38-8-6-7-9-42(38)64/h6-13,23-26,28-29,31,35,37,41,45,63-64H,14-22,27H2,1-5H3,(H,55,65)/t31?,37-,41+,45?/m1/s1. The molecule has 16 nitrogen and oxygen atoms in total. The smallest absolute Gasteiger partial charge is 0.243 e. The van der Waals surface area contributed by atoms with E-state index in [1.54, 1.807) is 34.8 Å². The summed E-state index contributed by atoms with van der Waals surface area (Å²) < 4.78 is 5.91. The van der Waals surface area contributed by atoms with Crippen LogP contribution < -0.4 is 20.0 Å². The van der Waals surface area contributed by atoms with Gasteiger partial charge in [-0.15, -0.1) is 32.9 Å². The number of piperidine rings is 1. The van der Waals surface area contributed by atoms with E-state index in [0.717, 1.165) is 82.6 Å².